The molecule has 0 aliphatic heterocycles. The zero-order valence-electron chi connectivity index (χ0n) is 7.71. The number of pyridine rings is 1. The molecule has 0 N–H and O–H groups in total. The first-order valence-electron chi connectivity index (χ1n) is 4.44. The van der Waals surface area contributed by atoms with Crippen LogP contribution in [0.2, 0.25) is 0 Å². The van der Waals surface area contributed by atoms with E-state index in [2.05, 4.69) is 18.8 Å². The largest absolute Gasteiger partial charge is 0.493 e. The van der Waals surface area contributed by atoms with Crippen LogP contribution in [0.15, 0.2) is 18.5 Å². The third-order valence-corrected chi connectivity index (χ3v) is 1.70. The van der Waals surface area contributed by atoms with E-state index >= 15 is 0 Å². The minimum absolute atomic E-state index is 0.789. The zero-order valence-corrected chi connectivity index (χ0v) is 7.71. The summed E-state index contributed by atoms with van der Waals surface area (Å²) in [6, 6.07) is 1.93. The first-order chi connectivity index (χ1) is 5.88. The Balaban J connectivity index is 2.68. The maximum absolute atomic E-state index is 5.54. The van der Waals surface area contributed by atoms with E-state index in [-0.39, 0.29) is 0 Å². The van der Waals surface area contributed by atoms with Crippen LogP contribution in [0.3, 0.4) is 0 Å². The van der Waals surface area contributed by atoms with Crippen molar-refractivity contribution in [2.75, 3.05) is 6.61 Å². The molecule has 12 heavy (non-hydrogen) atoms. The van der Waals surface area contributed by atoms with Gasteiger partial charge in [0.15, 0.2) is 0 Å². The molecule has 0 aliphatic carbocycles. The van der Waals surface area contributed by atoms with Crippen LogP contribution in [0.1, 0.15) is 25.8 Å². The highest BCUT2D eigenvalue weighted by molar-refractivity contribution is 5.29. The zero-order chi connectivity index (χ0) is 8.81. The van der Waals surface area contributed by atoms with Crippen LogP contribution in [-0.2, 0) is 6.42 Å². The van der Waals surface area contributed by atoms with Crippen molar-refractivity contribution in [3.63, 3.8) is 0 Å². The first-order valence-corrected chi connectivity index (χ1v) is 4.44. The highest BCUT2D eigenvalue weighted by atomic mass is 16.5. The van der Waals surface area contributed by atoms with Gasteiger partial charge >= 0.3 is 0 Å². The van der Waals surface area contributed by atoms with Gasteiger partial charge in [-0.05, 0) is 18.9 Å². The number of rotatable bonds is 4. The van der Waals surface area contributed by atoms with Gasteiger partial charge in [-0.15, -0.1) is 0 Å². The van der Waals surface area contributed by atoms with E-state index in [1.807, 2.05) is 12.3 Å². The Labute approximate surface area is 73.6 Å². The van der Waals surface area contributed by atoms with Gasteiger partial charge in [-0.2, -0.15) is 0 Å². The molecule has 1 heterocycles. The molecule has 0 radical (unpaired) electrons. The molecule has 1 aromatic heterocycles. The lowest BCUT2D eigenvalue weighted by atomic mass is 10.2. The number of aryl methyl sites for hydroxylation is 1. The van der Waals surface area contributed by atoms with Gasteiger partial charge < -0.3 is 4.74 Å². The average Bonchev–Trinajstić information content (AvgIpc) is 2.15. The molecule has 0 saturated carbocycles. The summed E-state index contributed by atoms with van der Waals surface area (Å²) in [6.45, 7) is 5.00. The van der Waals surface area contributed by atoms with Crippen molar-refractivity contribution in [1.82, 2.24) is 4.98 Å². The van der Waals surface area contributed by atoms with Gasteiger partial charge in [-0.25, -0.2) is 0 Å². The molecule has 0 bridgehead atoms. The normalized spacial score (nSPS) is 9.83. The van der Waals surface area contributed by atoms with E-state index in [9.17, 15) is 0 Å². The Morgan fingerprint density at radius 2 is 2.25 bits per heavy atom. The van der Waals surface area contributed by atoms with Gasteiger partial charge in [0.2, 0.25) is 0 Å². The molecule has 0 spiro atoms. The fourth-order valence-corrected chi connectivity index (χ4v) is 1.03. The molecule has 0 saturated heterocycles. The highest BCUT2D eigenvalue weighted by Crippen LogP contribution is 2.16. The van der Waals surface area contributed by atoms with E-state index in [0.717, 1.165) is 25.2 Å². The predicted molar refractivity (Wildman–Crippen MR) is 49.4 cm³/mol. The van der Waals surface area contributed by atoms with Gasteiger partial charge in [-0.1, -0.05) is 13.8 Å². The summed E-state index contributed by atoms with van der Waals surface area (Å²) in [4.78, 5) is 4.04. The number of ether oxygens (including phenoxy) is 1. The fourth-order valence-electron chi connectivity index (χ4n) is 1.03. The van der Waals surface area contributed by atoms with E-state index in [1.165, 1.54) is 5.56 Å². The Hall–Kier alpha value is -1.05. The summed E-state index contributed by atoms with van der Waals surface area (Å²) in [5, 5.41) is 0. The highest BCUT2D eigenvalue weighted by Gasteiger charge is 1.99. The Bertz CT molecular complexity index is 235. The molecule has 0 unspecified atom stereocenters. The molecule has 2 heteroatoms. The lowest BCUT2D eigenvalue weighted by molar-refractivity contribution is 0.314. The minimum atomic E-state index is 0.789. The fraction of sp³-hybridized carbons (Fsp3) is 0.500. The second kappa shape index (κ2) is 4.75. The molecule has 0 atom stereocenters. The molecule has 0 aromatic carbocycles. The number of hydrogen-bond donors (Lipinski definition) is 0. The van der Waals surface area contributed by atoms with Crippen molar-refractivity contribution in [2.24, 2.45) is 0 Å². The van der Waals surface area contributed by atoms with E-state index < -0.39 is 0 Å². The van der Waals surface area contributed by atoms with Crippen LogP contribution in [0, 0.1) is 0 Å². The Morgan fingerprint density at radius 1 is 1.42 bits per heavy atom. The summed E-state index contributed by atoms with van der Waals surface area (Å²) in [7, 11) is 0. The van der Waals surface area contributed by atoms with Gasteiger partial charge in [0.25, 0.3) is 0 Å². The molecular formula is C10H15NO. The van der Waals surface area contributed by atoms with Crippen LogP contribution in [0.25, 0.3) is 0 Å². The van der Waals surface area contributed by atoms with Crippen LogP contribution in [0.4, 0.5) is 0 Å². The van der Waals surface area contributed by atoms with Crippen molar-refractivity contribution >= 4 is 0 Å². The maximum atomic E-state index is 5.54. The average molecular weight is 165 g/mol. The second-order valence-corrected chi connectivity index (χ2v) is 2.69. The standard InChI is InChI=1S/C10H15NO/c1-3-7-12-10-5-6-11-8-9(10)4-2/h5-6,8H,3-4,7H2,1-2H3. The number of nitrogens with zero attached hydrogens (tertiary/aromatic N) is 1. The number of hydrogen-bond acceptors (Lipinski definition) is 2. The van der Waals surface area contributed by atoms with E-state index in [0.29, 0.717) is 0 Å². The smallest absolute Gasteiger partial charge is 0.125 e. The van der Waals surface area contributed by atoms with Crippen LogP contribution in [-0.4, -0.2) is 11.6 Å². The van der Waals surface area contributed by atoms with E-state index in [4.69, 9.17) is 4.74 Å². The van der Waals surface area contributed by atoms with Crippen LogP contribution < -0.4 is 4.74 Å². The topological polar surface area (TPSA) is 22.1 Å². The van der Waals surface area contributed by atoms with Crippen molar-refractivity contribution in [3.05, 3.63) is 24.0 Å². The van der Waals surface area contributed by atoms with Crippen molar-refractivity contribution in [3.8, 4) is 5.75 Å². The summed E-state index contributed by atoms with van der Waals surface area (Å²) in [5.41, 5.74) is 1.19. The van der Waals surface area contributed by atoms with Gasteiger partial charge in [-0.3, -0.25) is 4.98 Å². The van der Waals surface area contributed by atoms with Gasteiger partial charge in [0.05, 0.1) is 6.61 Å². The monoisotopic (exact) mass is 165 g/mol. The molecular weight excluding hydrogens is 150 g/mol. The maximum Gasteiger partial charge on any atom is 0.125 e. The molecule has 0 amide bonds. The third kappa shape index (κ3) is 2.22. The van der Waals surface area contributed by atoms with Gasteiger partial charge in [0, 0.05) is 18.0 Å². The molecule has 2 nitrogen and oxygen atoms in total. The number of aromatic nitrogens is 1. The Kier molecular flexibility index (Phi) is 3.58. The Morgan fingerprint density at radius 3 is 2.92 bits per heavy atom. The second-order valence-electron chi connectivity index (χ2n) is 2.69. The van der Waals surface area contributed by atoms with Gasteiger partial charge in [0.1, 0.15) is 5.75 Å². The van der Waals surface area contributed by atoms with Crippen molar-refractivity contribution < 1.29 is 4.74 Å². The quantitative estimate of drug-likeness (QED) is 0.683. The van der Waals surface area contributed by atoms with E-state index in [1.54, 1.807) is 6.20 Å². The minimum Gasteiger partial charge on any atom is -0.493 e. The third-order valence-electron chi connectivity index (χ3n) is 1.70. The lowest BCUT2D eigenvalue weighted by Gasteiger charge is -2.07. The molecule has 1 aromatic rings. The summed E-state index contributed by atoms with van der Waals surface area (Å²) in [6.07, 6.45) is 5.66. The lowest BCUT2D eigenvalue weighted by Crippen LogP contribution is -1.98. The summed E-state index contributed by atoms with van der Waals surface area (Å²) >= 11 is 0. The molecule has 66 valence electrons. The summed E-state index contributed by atoms with van der Waals surface area (Å²) < 4.78 is 5.54. The predicted octanol–water partition coefficient (Wildman–Crippen LogP) is 2.43. The van der Waals surface area contributed by atoms with Crippen LogP contribution in [0.5, 0.6) is 5.75 Å². The first kappa shape index (κ1) is 9.04. The summed E-state index contributed by atoms with van der Waals surface area (Å²) in [5.74, 6) is 0.981. The molecule has 0 aliphatic rings. The molecule has 1 rings (SSSR count). The van der Waals surface area contributed by atoms with Crippen molar-refractivity contribution in [1.29, 1.82) is 0 Å². The molecule has 0 fully saturated rings. The SMILES string of the molecule is CCCOc1ccncc1CC. The van der Waals surface area contributed by atoms with Crippen LogP contribution >= 0.6 is 0 Å². The van der Waals surface area contributed by atoms with Crippen molar-refractivity contribution in [2.45, 2.75) is 26.7 Å².